The first-order valence-corrected chi connectivity index (χ1v) is 7.49. The molecule has 4 nitrogen and oxygen atoms in total. The molecule has 3 N–H and O–H groups in total. The summed E-state index contributed by atoms with van der Waals surface area (Å²) in [5.41, 5.74) is 7.26. The summed E-state index contributed by atoms with van der Waals surface area (Å²) < 4.78 is 0. The first kappa shape index (κ1) is 13.4. The van der Waals surface area contributed by atoms with Crippen LogP contribution < -0.4 is 11.1 Å². The molecule has 0 aromatic carbocycles. The summed E-state index contributed by atoms with van der Waals surface area (Å²) in [5.74, 6) is 0.574. The Balaban J connectivity index is 1.69. The molecule has 18 heavy (non-hydrogen) atoms. The fourth-order valence-electron chi connectivity index (χ4n) is 2.13. The van der Waals surface area contributed by atoms with Crippen molar-refractivity contribution < 1.29 is 0 Å². The number of rotatable bonds is 5. The number of nitrogens with two attached hydrogens (primary N) is 1. The average Bonchev–Trinajstić information content (AvgIpc) is 2.83. The minimum absolute atomic E-state index is 0.574. The van der Waals surface area contributed by atoms with Crippen molar-refractivity contribution in [2.24, 2.45) is 10.7 Å². The van der Waals surface area contributed by atoms with E-state index in [9.17, 15) is 0 Å². The molecule has 0 unspecified atom stereocenters. The molecule has 0 atom stereocenters. The van der Waals surface area contributed by atoms with E-state index in [0.717, 1.165) is 39.1 Å². The predicted octanol–water partition coefficient (Wildman–Crippen LogP) is 1.42. The Morgan fingerprint density at radius 2 is 2.50 bits per heavy atom. The second-order valence-corrected chi connectivity index (χ2v) is 5.59. The zero-order chi connectivity index (χ0) is 12.8. The highest BCUT2D eigenvalue weighted by atomic mass is 32.1. The molecular weight excluding hydrogens is 244 g/mol. The molecule has 100 valence electrons. The van der Waals surface area contributed by atoms with Crippen molar-refractivity contribution >= 4 is 17.3 Å². The Morgan fingerprint density at radius 3 is 3.33 bits per heavy atom. The third-order valence-electron chi connectivity index (χ3n) is 3.13. The molecule has 0 saturated heterocycles. The largest absolute Gasteiger partial charge is 0.370 e. The number of aliphatic imine (C=N–C) groups is 1. The predicted molar refractivity (Wildman–Crippen MR) is 78.1 cm³/mol. The quantitative estimate of drug-likeness (QED) is 0.626. The van der Waals surface area contributed by atoms with Gasteiger partial charge in [-0.1, -0.05) is 6.92 Å². The van der Waals surface area contributed by atoms with E-state index in [-0.39, 0.29) is 0 Å². The average molecular weight is 266 g/mol. The van der Waals surface area contributed by atoms with E-state index < -0.39 is 0 Å². The maximum absolute atomic E-state index is 5.76. The van der Waals surface area contributed by atoms with E-state index >= 15 is 0 Å². The second-order valence-electron chi connectivity index (χ2n) is 4.59. The number of hydrogen-bond donors (Lipinski definition) is 2. The van der Waals surface area contributed by atoms with Gasteiger partial charge in [0.05, 0.1) is 0 Å². The van der Waals surface area contributed by atoms with Gasteiger partial charge in [0.2, 0.25) is 0 Å². The molecule has 0 saturated carbocycles. The van der Waals surface area contributed by atoms with Crippen molar-refractivity contribution in [1.82, 2.24) is 10.2 Å². The maximum Gasteiger partial charge on any atom is 0.188 e. The van der Waals surface area contributed by atoms with Gasteiger partial charge in [-0.3, -0.25) is 9.89 Å². The highest BCUT2D eigenvalue weighted by molar-refractivity contribution is 7.10. The minimum atomic E-state index is 0.574. The SMILES string of the molecule is CCCN=C(N)NCCN1CCc2sccc2C1. The van der Waals surface area contributed by atoms with Crippen molar-refractivity contribution in [2.75, 3.05) is 26.2 Å². The topological polar surface area (TPSA) is 53.6 Å². The second kappa shape index (κ2) is 6.75. The van der Waals surface area contributed by atoms with Crippen molar-refractivity contribution in [3.63, 3.8) is 0 Å². The first-order chi connectivity index (χ1) is 8.79. The number of thiophene rings is 1. The van der Waals surface area contributed by atoms with E-state index in [1.165, 1.54) is 12.0 Å². The molecule has 5 heteroatoms. The van der Waals surface area contributed by atoms with Crippen molar-refractivity contribution in [3.05, 3.63) is 21.9 Å². The van der Waals surface area contributed by atoms with E-state index in [1.54, 1.807) is 4.88 Å². The number of nitrogens with one attached hydrogen (secondary N) is 1. The molecule has 1 aromatic heterocycles. The van der Waals surface area contributed by atoms with Crippen LogP contribution in [0.15, 0.2) is 16.4 Å². The van der Waals surface area contributed by atoms with Gasteiger partial charge >= 0.3 is 0 Å². The minimum Gasteiger partial charge on any atom is -0.370 e. The zero-order valence-electron chi connectivity index (χ0n) is 11.0. The summed E-state index contributed by atoms with van der Waals surface area (Å²) in [6, 6.07) is 2.25. The molecule has 2 rings (SSSR count). The Bertz CT molecular complexity index is 399. The Hall–Kier alpha value is -1.07. The summed E-state index contributed by atoms with van der Waals surface area (Å²) >= 11 is 1.88. The zero-order valence-corrected chi connectivity index (χ0v) is 11.8. The van der Waals surface area contributed by atoms with Crippen LogP contribution in [0, 0.1) is 0 Å². The molecule has 0 fully saturated rings. The van der Waals surface area contributed by atoms with Gasteiger partial charge in [0.15, 0.2) is 5.96 Å². The van der Waals surface area contributed by atoms with Crippen molar-refractivity contribution in [2.45, 2.75) is 26.3 Å². The van der Waals surface area contributed by atoms with Gasteiger partial charge in [-0.25, -0.2) is 0 Å². The number of hydrogen-bond acceptors (Lipinski definition) is 3. The molecule has 0 radical (unpaired) electrons. The monoisotopic (exact) mass is 266 g/mol. The number of guanidine groups is 1. The van der Waals surface area contributed by atoms with Gasteiger partial charge in [-0.05, 0) is 29.9 Å². The van der Waals surface area contributed by atoms with Crippen LogP contribution in [0.25, 0.3) is 0 Å². The van der Waals surface area contributed by atoms with Crippen LogP contribution in [0.3, 0.4) is 0 Å². The van der Waals surface area contributed by atoms with Crippen LogP contribution in [0.2, 0.25) is 0 Å². The summed E-state index contributed by atoms with van der Waals surface area (Å²) in [4.78, 5) is 8.25. The van der Waals surface area contributed by atoms with Crippen LogP contribution in [0.5, 0.6) is 0 Å². The molecule has 0 bridgehead atoms. The van der Waals surface area contributed by atoms with Gasteiger partial charge in [0.1, 0.15) is 0 Å². The van der Waals surface area contributed by atoms with Crippen LogP contribution in [0.1, 0.15) is 23.8 Å². The van der Waals surface area contributed by atoms with Crippen molar-refractivity contribution in [1.29, 1.82) is 0 Å². The molecule has 0 amide bonds. The highest BCUT2D eigenvalue weighted by Gasteiger charge is 2.16. The summed E-state index contributed by atoms with van der Waals surface area (Å²) in [6.45, 7) is 7.04. The lowest BCUT2D eigenvalue weighted by Gasteiger charge is -2.26. The standard InChI is InChI=1S/C13H22N4S/c1-2-5-15-13(14)16-6-8-17-7-3-12-11(10-17)4-9-18-12/h4,9H,2-3,5-8,10H2,1H3,(H3,14,15,16). The Labute approximate surface area is 113 Å². The van der Waals surface area contributed by atoms with E-state index in [0.29, 0.717) is 5.96 Å². The van der Waals surface area contributed by atoms with Gasteiger partial charge in [0, 0.05) is 37.6 Å². The molecule has 1 aliphatic rings. The van der Waals surface area contributed by atoms with E-state index in [4.69, 9.17) is 5.73 Å². The lowest BCUT2D eigenvalue weighted by molar-refractivity contribution is 0.260. The molecule has 2 heterocycles. The van der Waals surface area contributed by atoms with E-state index in [1.807, 2.05) is 11.3 Å². The molecule has 0 aliphatic carbocycles. The third kappa shape index (κ3) is 3.71. The normalized spacial score (nSPS) is 16.6. The lowest BCUT2D eigenvalue weighted by Crippen LogP contribution is -2.40. The molecule has 1 aromatic rings. The maximum atomic E-state index is 5.76. The summed E-state index contributed by atoms with van der Waals surface area (Å²) in [5, 5.41) is 5.37. The van der Waals surface area contributed by atoms with Gasteiger partial charge in [0.25, 0.3) is 0 Å². The smallest absolute Gasteiger partial charge is 0.188 e. The fourth-order valence-corrected chi connectivity index (χ4v) is 3.02. The number of nitrogens with zero attached hydrogens (tertiary/aromatic N) is 2. The highest BCUT2D eigenvalue weighted by Crippen LogP contribution is 2.23. The van der Waals surface area contributed by atoms with Crippen LogP contribution >= 0.6 is 11.3 Å². The van der Waals surface area contributed by atoms with Crippen LogP contribution in [0.4, 0.5) is 0 Å². The Morgan fingerprint density at radius 1 is 1.61 bits per heavy atom. The molecular formula is C13H22N4S. The van der Waals surface area contributed by atoms with Gasteiger partial charge in [-0.15, -0.1) is 11.3 Å². The summed E-state index contributed by atoms with van der Waals surface area (Å²) in [7, 11) is 0. The van der Waals surface area contributed by atoms with Gasteiger partial charge in [-0.2, -0.15) is 0 Å². The van der Waals surface area contributed by atoms with Crippen LogP contribution in [-0.2, 0) is 13.0 Å². The molecule has 1 aliphatic heterocycles. The lowest BCUT2D eigenvalue weighted by atomic mass is 10.1. The van der Waals surface area contributed by atoms with E-state index in [2.05, 4.69) is 33.6 Å². The first-order valence-electron chi connectivity index (χ1n) is 6.61. The molecule has 0 spiro atoms. The van der Waals surface area contributed by atoms with Gasteiger partial charge < -0.3 is 11.1 Å². The Kier molecular flexibility index (Phi) is 5.01. The summed E-state index contributed by atoms with van der Waals surface area (Å²) in [6.07, 6.45) is 2.22. The van der Waals surface area contributed by atoms with Crippen LogP contribution in [-0.4, -0.2) is 37.0 Å². The number of fused-ring (bicyclic) bond motifs is 1. The fraction of sp³-hybridized carbons (Fsp3) is 0.615. The van der Waals surface area contributed by atoms with Crippen molar-refractivity contribution in [3.8, 4) is 0 Å². The third-order valence-corrected chi connectivity index (χ3v) is 4.15.